The fourth-order valence-electron chi connectivity index (χ4n) is 4.41. The number of hydrogen-bond donors (Lipinski definition) is 2. The first kappa shape index (κ1) is 18.4. The molecule has 2 aliphatic rings. The molecule has 4 heterocycles. The molecule has 1 aromatic carbocycles. The van der Waals surface area contributed by atoms with Crippen LogP contribution in [0.2, 0.25) is 0 Å². The first-order chi connectivity index (χ1) is 14.3. The number of ether oxygens (including phenoxy) is 1. The highest BCUT2D eigenvalue weighted by atomic mass is 16.5. The highest BCUT2D eigenvalue weighted by Gasteiger charge is 2.21. The lowest BCUT2D eigenvalue weighted by Crippen LogP contribution is -2.46. The molecule has 0 atom stereocenters. The Morgan fingerprint density at radius 3 is 2.90 bits per heavy atom. The van der Waals surface area contributed by atoms with E-state index >= 15 is 0 Å². The van der Waals surface area contributed by atoms with Crippen molar-refractivity contribution in [3.8, 4) is 16.9 Å². The van der Waals surface area contributed by atoms with Gasteiger partial charge in [-0.15, -0.1) is 0 Å². The third-order valence-electron chi connectivity index (χ3n) is 5.91. The van der Waals surface area contributed by atoms with Crippen molar-refractivity contribution >= 4 is 11.5 Å². The maximum atomic E-state index is 6.20. The van der Waals surface area contributed by atoms with Crippen molar-refractivity contribution in [2.45, 2.75) is 25.8 Å². The van der Waals surface area contributed by atoms with E-state index in [1.807, 2.05) is 23.0 Å². The van der Waals surface area contributed by atoms with Crippen molar-refractivity contribution in [2.24, 2.45) is 0 Å². The van der Waals surface area contributed by atoms with Crippen LogP contribution in [0.15, 0.2) is 36.7 Å². The van der Waals surface area contributed by atoms with Gasteiger partial charge in [-0.3, -0.25) is 4.90 Å². The van der Waals surface area contributed by atoms with Crippen molar-refractivity contribution in [1.29, 1.82) is 0 Å². The highest BCUT2D eigenvalue weighted by Crippen LogP contribution is 2.29. The molecule has 7 heteroatoms. The Morgan fingerprint density at radius 1 is 1.10 bits per heavy atom. The molecule has 0 saturated carbocycles. The maximum Gasteiger partial charge on any atom is 0.165 e. The summed E-state index contributed by atoms with van der Waals surface area (Å²) in [5.41, 5.74) is 4.15. The Hall–Kier alpha value is -2.64. The van der Waals surface area contributed by atoms with Crippen LogP contribution >= 0.6 is 0 Å². The third kappa shape index (κ3) is 3.93. The SMILES string of the molecule is Cc1cc2cc(c1)-c1cnn3ccc(nc13)NCCN(C1CCNCC1)CCO2. The van der Waals surface area contributed by atoms with Gasteiger partial charge in [-0.1, -0.05) is 6.07 Å². The molecular formula is C22H28N6O. The molecule has 5 rings (SSSR count). The normalized spacial score (nSPS) is 18.9. The minimum absolute atomic E-state index is 0.611. The molecule has 0 aliphatic carbocycles. The number of nitrogens with one attached hydrogen (secondary N) is 2. The van der Waals surface area contributed by atoms with Crippen LogP contribution in [0.3, 0.4) is 0 Å². The average Bonchev–Trinajstić information content (AvgIpc) is 3.16. The smallest absolute Gasteiger partial charge is 0.165 e. The van der Waals surface area contributed by atoms with Crippen LogP contribution in [-0.4, -0.2) is 64.9 Å². The summed E-state index contributed by atoms with van der Waals surface area (Å²) in [5.74, 6) is 1.81. The molecule has 3 aromatic rings. The number of aromatic nitrogens is 3. The molecule has 29 heavy (non-hydrogen) atoms. The quantitative estimate of drug-likeness (QED) is 0.664. The number of anilines is 1. The van der Waals surface area contributed by atoms with E-state index in [0.717, 1.165) is 61.1 Å². The van der Waals surface area contributed by atoms with Gasteiger partial charge in [-0.05, 0) is 62.2 Å². The van der Waals surface area contributed by atoms with Crippen molar-refractivity contribution in [3.63, 3.8) is 0 Å². The molecule has 0 spiro atoms. The zero-order valence-electron chi connectivity index (χ0n) is 16.9. The summed E-state index contributed by atoms with van der Waals surface area (Å²) in [6.07, 6.45) is 6.24. The lowest BCUT2D eigenvalue weighted by Gasteiger charge is -2.34. The van der Waals surface area contributed by atoms with E-state index in [0.29, 0.717) is 12.6 Å². The van der Waals surface area contributed by atoms with Gasteiger partial charge in [0.25, 0.3) is 0 Å². The van der Waals surface area contributed by atoms with E-state index in [1.165, 1.54) is 18.4 Å². The maximum absolute atomic E-state index is 6.20. The monoisotopic (exact) mass is 392 g/mol. The summed E-state index contributed by atoms with van der Waals surface area (Å²) in [5, 5.41) is 11.5. The second-order valence-electron chi connectivity index (χ2n) is 7.97. The zero-order chi connectivity index (χ0) is 19.6. The van der Waals surface area contributed by atoms with E-state index in [-0.39, 0.29) is 0 Å². The Labute approximate surface area is 171 Å². The molecule has 1 saturated heterocycles. The van der Waals surface area contributed by atoms with Gasteiger partial charge in [0.05, 0.1) is 6.20 Å². The van der Waals surface area contributed by atoms with Crippen molar-refractivity contribution in [2.75, 3.05) is 44.6 Å². The molecule has 7 nitrogen and oxygen atoms in total. The Balaban J connectivity index is 1.50. The summed E-state index contributed by atoms with van der Waals surface area (Å²) >= 11 is 0. The molecule has 152 valence electrons. The van der Waals surface area contributed by atoms with Crippen LogP contribution in [0.4, 0.5) is 5.82 Å². The standard InChI is InChI=1S/C22H28N6O/c1-16-12-17-14-19(13-16)29-11-10-27(18-2-5-23-6-3-18)9-7-24-21-4-8-28-22(26-21)20(17)15-25-28/h4,8,12-15,18,23H,2-3,5-7,9-11H2,1H3,(H,24,26). The molecular weight excluding hydrogens is 364 g/mol. The van der Waals surface area contributed by atoms with E-state index in [2.05, 4.69) is 45.8 Å². The van der Waals surface area contributed by atoms with Crippen molar-refractivity contribution in [3.05, 3.63) is 42.2 Å². The van der Waals surface area contributed by atoms with Crippen LogP contribution in [0, 0.1) is 6.92 Å². The van der Waals surface area contributed by atoms with Gasteiger partial charge in [0, 0.05) is 37.4 Å². The largest absolute Gasteiger partial charge is 0.492 e. The predicted molar refractivity (Wildman–Crippen MR) is 115 cm³/mol. The lowest BCUT2D eigenvalue weighted by molar-refractivity contribution is 0.140. The average molecular weight is 393 g/mol. The second kappa shape index (κ2) is 8.00. The fraction of sp³-hybridized carbons (Fsp3) is 0.455. The Morgan fingerprint density at radius 2 is 2.00 bits per heavy atom. The summed E-state index contributed by atoms with van der Waals surface area (Å²) in [6, 6.07) is 8.98. The molecule has 1 fully saturated rings. The summed E-state index contributed by atoms with van der Waals surface area (Å²) in [6.45, 7) is 7.76. The van der Waals surface area contributed by atoms with Crippen molar-refractivity contribution < 1.29 is 4.74 Å². The van der Waals surface area contributed by atoms with Crippen molar-refractivity contribution in [1.82, 2.24) is 24.8 Å². The minimum atomic E-state index is 0.611. The summed E-state index contributed by atoms with van der Waals surface area (Å²) in [7, 11) is 0. The topological polar surface area (TPSA) is 66.7 Å². The van der Waals surface area contributed by atoms with Gasteiger partial charge in [0.1, 0.15) is 18.2 Å². The lowest BCUT2D eigenvalue weighted by atomic mass is 10.0. The zero-order valence-corrected chi connectivity index (χ0v) is 16.9. The molecule has 0 radical (unpaired) electrons. The number of nitrogens with zero attached hydrogens (tertiary/aromatic N) is 4. The highest BCUT2D eigenvalue weighted by molar-refractivity contribution is 5.78. The van der Waals surface area contributed by atoms with Gasteiger partial charge in [0.2, 0.25) is 0 Å². The van der Waals surface area contributed by atoms with Crippen LogP contribution in [-0.2, 0) is 0 Å². The van der Waals surface area contributed by atoms with Crippen LogP contribution in [0.25, 0.3) is 16.8 Å². The number of rotatable bonds is 1. The Kier molecular flexibility index (Phi) is 5.08. The molecule has 2 aromatic heterocycles. The number of fused-ring (bicyclic) bond motifs is 4. The third-order valence-corrected chi connectivity index (χ3v) is 5.91. The second-order valence-corrected chi connectivity index (χ2v) is 7.97. The number of piperidine rings is 1. The van der Waals surface area contributed by atoms with Gasteiger partial charge in [0.15, 0.2) is 5.65 Å². The number of hydrogen-bond acceptors (Lipinski definition) is 6. The Bertz CT molecular complexity index is 994. The first-order valence-corrected chi connectivity index (χ1v) is 10.5. The summed E-state index contributed by atoms with van der Waals surface area (Å²) in [4.78, 5) is 7.41. The van der Waals surface area contributed by atoms with Crippen LogP contribution < -0.4 is 15.4 Å². The molecule has 2 N–H and O–H groups in total. The minimum Gasteiger partial charge on any atom is -0.492 e. The summed E-state index contributed by atoms with van der Waals surface area (Å²) < 4.78 is 8.03. The fourth-order valence-corrected chi connectivity index (χ4v) is 4.41. The van der Waals surface area contributed by atoms with Gasteiger partial charge < -0.3 is 15.4 Å². The van der Waals surface area contributed by atoms with Gasteiger partial charge >= 0.3 is 0 Å². The van der Waals surface area contributed by atoms with Crippen LogP contribution in [0.1, 0.15) is 18.4 Å². The van der Waals surface area contributed by atoms with Gasteiger partial charge in [-0.2, -0.15) is 5.10 Å². The predicted octanol–water partition coefficient (Wildman–Crippen LogP) is 2.56. The van der Waals surface area contributed by atoms with E-state index in [9.17, 15) is 0 Å². The molecule has 0 unspecified atom stereocenters. The first-order valence-electron chi connectivity index (χ1n) is 10.5. The number of aryl methyl sites for hydroxylation is 1. The molecule has 4 bridgehead atoms. The van der Waals surface area contributed by atoms with Crippen LogP contribution in [0.5, 0.6) is 5.75 Å². The molecule has 0 amide bonds. The molecule has 2 aliphatic heterocycles. The number of benzene rings is 1. The van der Waals surface area contributed by atoms with E-state index < -0.39 is 0 Å². The van der Waals surface area contributed by atoms with E-state index in [4.69, 9.17) is 9.72 Å². The van der Waals surface area contributed by atoms with E-state index in [1.54, 1.807) is 0 Å². The van der Waals surface area contributed by atoms with Gasteiger partial charge in [-0.25, -0.2) is 9.50 Å².